The van der Waals surface area contributed by atoms with E-state index in [0.29, 0.717) is 17.0 Å². The molecular formula is C14H20N2O5. The minimum atomic E-state index is -1.13. The fourth-order valence-corrected chi connectivity index (χ4v) is 2.37. The van der Waals surface area contributed by atoms with Gasteiger partial charge in [-0.25, -0.2) is 0 Å². The summed E-state index contributed by atoms with van der Waals surface area (Å²) in [6.07, 6.45) is 0. The van der Waals surface area contributed by atoms with Crippen molar-refractivity contribution < 1.29 is 24.0 Å². The Morgan fingerprint density at radius 1 is 1.48 bits per heavy atom. The van der Waals surface area contributed by atoms with Gasteiger partial charge in [0, 0.05) is 5.92 Å². The zero-order chi connectivity index (χ0) is 15.8. The van der Waals surface area contributed by atoms with E-state index in [1.54, 1.807) is 13.8 Å². The van der Waals surface area contributed by atoms with Crippen molar-refractivity contribution >= 4 is 11.9 Å². The summed E-state index contributed by atoms with van der Waals surface area (Å²) in [5.41, 5.74) is -0.254. The normalized spacial score (nSPS) is 25.3. The van der Waals surface area contributed by atoms with Crippen molar-refractivity contribution in [3.63, 3.8) is 0 Å². The second kappa shape index (κ2) is 5.48. The molecule has 1 amide bonds. The van der Waals surface area contributed by atoms with Gasteiger partial charge in [-0.1, -0.05) is 19.0 Å². The molecule has 2 rings (SSSR count). The summed E-state index contributed by atoms with van der Waals surface area (Å²) in [5, 5.41) is 15.9. The van der Waals surface area contributed by atoms with Gasteiger partial charge in [-0.3, -0.25) is 9.59 Å². The molecule has 0 saturated carbocycles. The Morgan fingerprint density at radius 2 is 2.14 bits per heavy atom. The first-order valence-electron chi connectivity index (χ1n) is 6.85. The molecule has 7 heteroatoms. The van der Waals surface area contributed by atoms with Gasteiger partial charge < -0.3 is 19.7 Å². The van der Waals surface area contributed by atoms with E-state index in [-0.39, 0.29) is 25.0 Å². The molecule has 1 saturated heterocycles. The maximum Gasteiger partial charge on any atom is 0.313 e. The van der Waals surface area contributed by atoms with E-state index in [2.05, 4.69) is 10.5 Å². The summed E-state index contributed by atoms with van der Waals surface area (Å²) >= 11 is 0. The number of nitrogens with zero attached hydrogens (tertiary/aromatic N) is 1. The van der Waals surface area contributed by atoms with Gasteiger partial charge in [0.1, 0.15) is 11.0 Å². The number of nitrogens with one attached hydrogen (secondary N) is 1. The van der Waals surface area contributed by atoms with Crippen LogP contribution in [0, 0.1) is 12.3 Å². The highest BCUT2D eigenvalue weighted by molar-refractivity contribution is 5.97. The van der Waals surface area contributed by atoms with Gasteiger partial charge in [0.05, 0.1) is 24.9 Å². The summed E-state index contributed by atoms with van der Waals surface area (Å²) in [5.74, 6) is -0.851. The second-order valence-corrected chi connectivity index (χ2v) is 5.93. The molecule has 21 heavy (non-hydrogen) atoms. The van der Waals surface area contributed by atoms with Crippen LogP contribution >= 0.6 is 0 Å². The van der Waals surface area contributed by atoms with Crippen molar-refractivity contribution in [3.8, 4) is 0 Å². The molecule has 7 nitrogen and oxygen atoms in total. The Hall–Kier alpha value is -1.89. The van der Waals surface area contributed by atoms with Gasteiger partial charge in [-0.2, -0.15) is 0 Å². The topological polar surface area (TPSA) is 102 Å². The monoisotopic (exact) mass is 296 g/mol. The molecule has 116 valence electrons. The quantitative estimate of drug-likeness (QED) is 0.869. The number of hydrogen-bond acceptors (Lipinski definition) is 5. The van der Waals surface area contributed by atoms with E-state index in [1.807, 2.05) is 13.8 Å². The van der Waals surface area contributed by atoms with Crippen molar-refractivity contribution in [2.45, 2.75) is 39.7 Å². The van der Waals surface area contributed by atoms with Crippen molar-refractivity contribution in [2.75, 3.05) is 13.2 Å². The van der Waals surface area contributed by atoms with Gasteiger partial charge in [0.2, 0.25) is 0 Å². The van der Waals surface area contributed by atoms with Crippen LogP contribution in [0.2, 0.25) is 0 Å². The number of rotatable bonds is 4. The minimum absolute atomic E-state index is 0.0117. The molecule has 0 radical (unpaired) electrons. The molecule has 1 aliphatic heterocycles. The number of carboxylic acids is 1. The van der Waals surface area contributed by atoms with Crippen LogP contribution in [0.5, 0.6) is 0 Å². The maximum atomic E-state index is 12.5. The molecule has 1 aliphatic rings. The Balaban J connectivity index is 2.23. The van der Waals surface area contributed by atoms with Crippen LogP contribution in [0.15, 0.2) is 4.52 Å². The first-order chi connectivity index (χ1) is 9.77. The number of carbonyl (C=O) groups excluding carboxylic acids is 1. The standard InChI is InChI=1S/C14H20N2O5/c1-7(2)11-10(8(3)16-21-11)12(17)15-9-5-20-6-14(9,4)13(18)19/h7,9H,5-6H2,1-4H3,(H,15,17)(H,18,19). The number of aliphatic carboxylic acids is 1. The van der Waals surface area contributed by atoms with Crippen molar-refractivity contribution in [2.24, 2.45) is 5.41 Å². The molecule has 2 atom stereocenters. The minimum Gasteiger partial charge on any atom is -0.481 e. The fourth-order valence-electron chi connectivity index (χ4n) is 2.37. The second-order valence-electron chi connectivity index (χ2n) is 5.93. The molecule has 1 fully saturated rings. The third kappa shape index (κ3) is 2.65. The predicted molar refractivity (Wildman–Crippen MR) is 73.1 cm³/mol. The van der Waals surface area contributed by atoms with Crippen LogP contribution in [-0.4, -0.2) is 41.4 Å². The molecule has 1 aromatic rings. The number of amides is 1. The zero-order valence-electron chi connectivity index (χ0n) is 12.6. The van der Waals surface area contributed by atoms with Crippen LogP contribution in [0.4, 0.5) is 0 Å². The Bertz CT molecular complexity index is 566. The predicted octanol–water partition coefficient (Wildman–Crippen LogP) is 1.33. The van der Waals surface area contributed by atoms with Crippen LogP contribution in [0.1, 0.15) is 48.5 Å². The summed E-state index contributed by atoms with van der Waals surface area (Å²) < 4.78 is 10.4. The third-order valence-electron chi connectivity index (χ3n) is 3.89. The highest BCUT2D eigenvalue weighted by Crippen LogP contribution is 2.30. The summed E-state index contributed by atoms with van der Waals surface area (Å²) in [6, 6.07) is -0.586. The van der Waals surface area contributed by atoms with E-state index >= 15 is 0 Å². The Kier molecular flexibility index (Phi) is 4.04. The van der Waals surface area contributed by atoms with Crippen LogP contribution < -0.4 is 5.32 Å². The molecule has 2 heterocycles. The van der Waals surface area contributed by atoms with Gasteiger partial charge in [-0.05, 0) is 13.8 Å². The van der Waals surface area contributed by atoms with E-state index in [0.717, 1.165) is 0 Å². The number of hydrogen-bond donors (Lipinski definition) is 2. The third-order valence-corrected chi connectivity index (χ3v) is 3.89. The number of aromatic nitrogens is 1. The first kappa shape index (κ1) is 15.5. The SMILES string of the molecule is Cc1noc(C(C)C)c1C(=O)NC1COCC1(C)C(=O)O. The lowest BCUT2D eigenvalue weighted by Crippen LogP contribution is -2.49. The number of ether oxygens (including phenoxy) is 1. The highest BCUT2D eigenvalue weighted by Gasteiger charge is 2.47. The molecule has 0 aromatic carbocycles. The summed E-state index contributed by atoms with van der Waals surface area (Å²) in [7, 11) is 0. The van der Waals surface area contributed by atoms with Crippen molar-refractivity contribution in [1.29, 1.82) is 0 Å². The lowest BCUT2D eigenvalue weighted by molar-refractivity contribution is -0.148. The molecule has 0 bridgehead atoms. The van der Waals surface area contributed by atoms with Crippen LogP contribution in [0.25, 0.3) is 0 Å². The maximum absolute atomic E-state index is 12.5. The van der Waals surface area contributed by atoms with Gasteiger partial charge >= 0.3 is 5.97 Å². The largest absolute Gasteiger partial charge is 0.481 e. The lowest BCUT2D eigenvalue weighted by atomic mass is 9.85. The highest BCUT2D eigenvalue weighted by atomic mass is 16.5. The molecule has 1 aromatic heterocycles. The molecular weight excluding hydrogens is 276 g/mol. The van der Waals surface area contributed by atoms with Crippen molar-refractivity contribution in [1.82, 2.24) is 10.5 Å². The van der Waals surface area contributed by atoms with E-state index in [1.165, 1.54) is 0 Å². The molecule has 2 unspecified atom stereocenters. The van der Waals surface area contributed by atoms with E-state index < -0.39 is 17.4 Å². The average molecular weight is 296 g/mol. The zero-order valence-corrected chi connectivity index (χ0v) is 12.6. The van der Waals surface area contributed by atoms with E-state index in [4.69, 9.17) is 9.26 Å². The number of carboxylic acid groups (broad SMARTS) is 1. The number of aryl methyl sites for hydroxylation is 1. The van der Waals surface area contributed by atoms with Gasteiger partial charge in [0.25, 0.3) is 5.91 Å². The number of carbonyl (C=O) groups is 2. The first-order valence-corrected chi connectivity index (χ1v) is 6.85. The Labute approximate surface area is 122 Å². The summed E-state index contributed by atoms with van der Waals surface area (Å²) in [4.78, 5) is 23.8. The van der Waals surface area contributed by atoms with Gasteiger partial charge in [-0.15, -0.1) is 0 Å². The van der Waals surface area contributed by atoms with Crippen LogP contribution in [-0.2, 0) is 9.53 Å². The summed E-state index contributed by atoms with van der Waals surface area (Å²) in [6.45, 7) is 7.30. The fraction of sp³-hybridized carbons (Fsp3) is 0.643. The van der Waals surface area contributed by atoms with E-state index in [9.17, 15) is 14.7 Å². The van der Waals surface area contributed by atoms with Gasteiger partial charge in [0.15, 0.2) is 5.76 Å². The molecule has 0 spiro atoms. The Morgan fingerprint density at radius 3 is 2.71 bits per heavy atom. The van der Waals surface area contributed by atoms with Crippen LogP contribution in [0.3, 0.4) is 0 Å². The lowest BCUT2D eigenvalue weighted by Gasteiger charge is -2.25. The average Bonchev–Trinajstić information content (AvgIpc) is 2.94. The molecule has 2 N–H and O–H groups in total. The smallest absolute Gasteiger partial charge is 0.313 e. The van der Waals surface area contributed by atoms with Crippen molar-refractivity contribution in [3.05, 3.63) is 17.0 Å². The molecule has 0 aliphatic carbocycles.